The molecule has 1 N–H and O–H groups in total. The summed E-state index contributed by atoms with van der Waals surface area (Å²) in [6.07, 6.45) is 4.84. The fourth-order valence-electron chi connectivity index (χ4n) is 2.65. The maximum Gasteiger partial charge on any atom is 0.0975 e. The Hall–Kier alpha value is -1.13. The fraction of sp³-hybridized carbons (Fsp3) is 0.688. The molecule has 0 unspecified atom stereocenters. The summed E-state index contributed by atoms with van der Waals surface area (Å²) in [6, 6.07) is 2.08. The van der Waals surface area contributed by atoms with Gasteiger partial charge in [-0.2, -0.15) is 5.10 Å². The summed E-state index contributed by atoms with van der Waals surface area (Å²) in [4.78, 5) is 2.49. The van der Waals surface area contributed by atoms with E-state index >= 15 is 0 Å². The maximum absolute atomic E-state index is 9.92. The number of aryl methyl sites for hydroxylation is 1. The second-order valence-corrected chi connectivity index (χ2v) is 5.91. The summed E-state index contributed by atoms with van der Waals surface area (Å²) in [5.41, 5.74) is 3.45. The van der Waals surface area contributed by atoms with Gasteiger partial charge in [0.2, 0.25) is 0 Å². The molecule has 1 aliphatic heterocycles. The summed E-state index contributed by atoms with van der Waals surface area (Å²) in [5, 5.41) is 14.5. The minimum atomic E-state index is -0.423. The van der Waals surface area contributed by atoms with Gasteiger partial charge in [0.1, 0.15) is 0 Å². The monoisotopic (exact) mass is 277 g/mol. The largest absolute Gasteiger partial charge is 0.387 e. The highest BCUT2D eigenvalue weighted by Gasteiger charge is 2.18. The van der Waals surface area contributed by atoms with Crippen molar-refractivity contribution in [1.82, 2.24) is 14.7 Å². The lowest BCUT2D eigenvalue weighted by Crippen LogP contribution is -2.24. The van der Waals surface area contributed by atoms with Crippen LogP contribution in [0, 0.1) is 0 Å². The van der Waals surface area contributed by atoms with E-state index in [1.807, 2.05) is 6.92 Å². The quantitative estimate of drug-likeness (QED) is 0.841. The van der Waals surface area contributed by atoms with E-state index in [9.17, 15) is 5.11 Å². The molecule has 0 spiro atoms. The number of allylic oxidation sites excluding steroid dienone is 1. The van der Waals surface area contributed by atoms with Crippen LogP contribution in [0.3, 0.4) is 0 Å². The lowest BCUT2D eigenvalue weighted by molar-refractivity contribution is 0.167. The van der Waals surface area contributed by atoms with Gasteiger partial charge in [-0.15, -0.1) is 0 Å². The number of hydrogen-bond acceptors (Lipinski definition) is 3. The third kappa shape index (κ3) is 3.93. The van der Waals surface area contributed by atoms with Gasteiger partial charge in [-0.1, -0.05) is 18.6 Å². The molecule has 0 radical (unpaired) electrons. The van der Waals surface area contributed by atoms with Gasteiger partial charge in [-0.25, -0.2) is 0 Å². The number of nitrogens with zero attached hydrogens (tertiary/aromatic N) is 3. The first-order valence-electron chi connectivity index (χ1n) is 7.70. The van der Waals surface area contributed by atoms with E-state index in [0.29, 0.717) is 0 Å². The van der Waals surface area contributed by atoms with Gasteiger partial charge in [0.05, 0.1) is 17.5 Å². The molecule has 2 rings (SSSR count). The second kappa shape index (κ2) is 7.04. The molecule has 20 heavy (non-hydrogen) atoms. The smallest absolute Gasteiger partial charge is 0.0975 e. The zero-order chi connectivity index (χ0) is 14.5. The van der Waals surface area contributed by atoms with Crippen molar-refractivity contribution in [2.24, 2.45) is 0 Å². The first kappa shape index (κ1) is 15.3. The molecule has 1 aromatic rings. The third-order valence-electron chi connectivity index (χ3n) is 3.84. The lowest BCUT2D eigenvalue weighted by Gasteiger charge is -2.18. The van der Waals surface area contributed by atoms with Gasteiger partial charge < -0.3 is 5.11 Å². The predicted molar refractivity (Wildman–Crippen MR) is 81.4 cm³/mol. The van der Waals surface area contributed by atoms with E-state index in [1.54, 1.807) is 0 Å². The van der Waals surface area contributed by atoms with Crippen molar-refractivity contribution in [3.8, 4) is 0 Å². The SMILES string of the molecule is CC[C@@H](O)c1cc2n(n1)CCCN(CCC=C(C)C)C2. The number of hydrogen-bond donors (Lipinski definition) is 1. The van der Waals surface area contributed by atoms with Crippen LogP contribution >= 0.6 is 0 Å². The van der Waals surface area contributed by atoms with Crippen LogP contribution in [-0.4, -0.2) is 32.9 Å². The van der Waals surface area contributed by atoms with Gasteiger partial charge in [-0.05, 0) is 39.2 Å². The highest BCUT2D eigenvalue weighted by molar-refractivity contribution is 5.13. The highest BCUT2D eigenvalue weighted by atomic mass is 16.3. The number of fused-ring (bicyclic) bond motifs is 1. The summed E-state index contributed by atoms with van der Waals surface area (Å²) < 4.78 is 2.08. The van der Waals surface area contributed by atoms with Crippen LogP contribution in [0.15, 0.2) is 17.7 Å². The Morgan fingerprint density at radius 2 is 2.25 bits per heavy atom. The molecule has 0 amide bonds. The minimum Gasteiger partial charge on any atom is -0.387 e. The predicted octanol–water partition coefficient (Wildman–Crippen LogP) is 2.89. The summed E-state index contributed by atoms with van der Waals surface area (Å²) in [7, 11) is 0. The normalized spacial score (nSPS) is 17.4. The Bertz CT molecular complexity index is 460. The molecular weight excluding hydrogens is 250 g/mol. The first-order valence-corrected chi connectivity index (χ1v) is 7.70. The molecular formula is C16H27N3O. The molecule has 1 aromatic heterocycles. The highest BCUT2D eigenvalue weighted by Crippen LogP contribution is 2.20. The molecule has 4 heteroatoms. The molecule has 0 aliphatic carbocycles. The van der Waals surface area contributed by atoms with Crippen LogP contribution in [-0.2, 0) is 13.1 Å². The Kier molecular flexibility index (Phi) is 5.38. The van der Waals surface area contributed by atoms with Crippen molar-refractivity contribution in [3.05, 3.63) is 29.1 Å². The van der Waals surface area contributed by atoms with Gasteiger partial charge in [0, 0.05) is 26.2 Å². The first-order chi connectivity index (χ1) is 9.60. The Morgan fingerprint density at radius 1 is 1.45 bits per heavy atom. The van der Waals surface area contributed by atoms with E-state index in [0.717, 1.165) is 51.1 Å². The van der Waals surface area contributed by atoms with Gasteiger partial charge in [0.15, 0.2) is 0 Å². The van der Waals surface area contributed by atoms with E-state index in [-0.39, 0.29) is 0 Å². The third-order valence-corrected chi connectivity index (χ3v) is 3.84. The van der Waals surface area contributed by atoms with Crippen molar-refractivity contribution >= 4 is 0 Å². The lowest BCUT2D eigenvalue weighted by atomic mass is 10.2. The van der Waals surface area contributed by atoms with Crippen LogP contribution < -0.4 is 0 Å². The zero-order valence-electron chi connectivity index (χ0n) is 13.0. The van der Waals surface area contributed by atoms with Crippen LogP contribution in [0.2, 0.25) is 0 Å². The minimum absolute atomic E-state index is 0.423. The van der Waals surface area contributed by atoms with E-state index in [1.165, 1.54) is 11.3 Å². The van der Waals surface area contributed by atoms with E-state index in [2.05, 4.69) is 40.7 Å². The Morgan fingerprint density at radius 3 is 2.95 bits per heavy atom. The molecule has 0 bridgehead atoms. The average Bonchev–Trinajstić information content (AvgIpc) is 2.71. The number of aliphatic hydroxyl groups is 1. The fourth-order valence-corrected chi connectivity index (χ4v) is 2.65. The van der Waals surface area contributed by atoms with Crippen molar-refractivity contribution in [1.29, 1.82) is 0 Å². The van der Waals surface area contributed by atoms with E-state index in [4.69, 9.17) is 0 Å². The van der Waals surface area contributed by atoms with Crippen LogP contribution in [0.4, 0.5) is 0 Å². The summed E-state index contributed by atoms with van der Waals surface area (Å²) in [6.45, 7) is 10.4. The van der Waals surface area contributed by atoms with Crippen LogP contribution in [0.5, 0.6) is 0 Å². The van der Waals surface area contributed by atoms with Crippen molar-refractivity contribution < 1.29 is 5.11 Å². The van der Waals surface area contributed by atoms with Crippen LogP contribution in [0.25, 0.3) is 0 Å². The molecule has 1 aliphatic rings. The van der Waals surface area contributed by atoms with Crippen molar-refractivity contribution in [3.63, 3.8) is 0 Å². The van der Waals surface area contributed by atoms with Gasteiger partial charge in [-0.3, -0.25) is 9.58 Å². The molecule has 0 saturated carbocycles. The second-order valence-electron chi connectivity index (χ2n) is 5.91. The number of rotatable bonds is 5. The summed E-state index contributed by atoms with van der Waals surface area (Å²) in [5.74, 6) is 0. The Labute approximate surface area is 122 Å². The Balaban J connectivity index is 2.01. The maximum atomic E-state index is 9.92. The van der Waals surface area contributed by atoms with Crippen molar-refractivity contribution in [2.75, 3.05) is 13.1 Å². The summed E-state index contributed by atoms with van der Waals surface area (Å²) >= 11 is 0. The van der Waals surface area contributed by atoms with E-state index < -0.39 is 6.10 Å². The zero-order valence-corrected chi connectivity index (χ0v) is 13.0. The molecule has 1 atom stereocenters. The van der Waals surface area contributed by atoms with Gasteiger partial charge >= 0.3 is 0 Å². The molecule has 0 aromatic carbocycles. The average molecular weight is 277 g/mol. The van der Waals surface area contributed by atoms with Gasteiger partial charge in [0.25, 0.3) is 0 Å². The topological polar surface area (TPSA) is 41.3 Å². The molecule has 4 nitrogen and oxygen atoms in total. The number of aliphatic hydroxyl groups excluding tert-OH is 1. The molecule has 0 fully saturated rings. The molecule has 2 heterocycles. The molecule has 112 valence electrons. The van der Waals surface area contributed by atoms with Crippen LogP contribution in [0.1, 0.15) is 57.5 Å². The standard InChI is InChI=1S/C16H27N3O/c1-4-16(20)15-11-14-12-18(8-5-7-13(2)3)9-6-10-19(14)17-15/h7,11,16,20H,4-6,8-10,12H2,1-3H3/t16-/m1/s1. The van der Waals surface area contributed by atoms with Crippen molar-refractivity contribution in [2.45, 2.75) is 59.2 Å². The number of aromatic nitrogens is 2. The molecule has 0 saturated heterocycles.